The van der Waals surface area contributed by atoms with Crippen LogP contribution in [0, 0.1) is 17.8 Å². The molecule has 3 N–H and O–H groups in total. The van der Waals surface area contributed by atoms with E-state index >= 15 is 0 Å². The highest BCUT2D eigenvalue weighted by Crippen LogP contribution is 2.37. The zero-order valence-electron chi connectivity index (χ0n) is 11.7. The standard InChI is InChI=1S/C11H16N2.C4H4O4/c1-2-8-4-9-6-12-7-10(9)5-11(8)13-3-1;5-3(6)1-2-4(7)8/h1,3,8-10,12H,2,4-7H2;1-2H,(H,5,6)(H,7,8)/b;2-1-. The molecule has 3 aliphatic rings. The van der Waals surface area contributed by atoms with Crippen molar-refractivity contribution in [1.29, 1.82) is 0 Å². The van der Waals surface area contributed by atoms with Crippen LogP contribution in [0.1, 0.15) is 19.3 Å². The molecule has 0 spiro atoms. The summed E-state index contributed by atoms with van der Waals surface area (Å²) in [5, 5.41) is 19.1. The first-order valence-corrected chi connectivity index (χ1v) is 7.12. The Kier molecular flexibility index (Phi) is 5.27. The van der Waals surface area contributed by atoms with Crippen molar-refractivity contribution in [2.45, 2.75) is 19.3 Å². The van der Waals surface area contributed by atoms with Gasteiger partial charge in [-0.2, -0.15) is 0 Å². The van der Waals surface area contributed by atoms with Crippen LogP contribution in [0.15, 0.2) is 29.4 Å². The Morgan fingerprint density at radius 1 is 1.19 bits per heavy atom. The van der Waals surface area contributed by atoms with Gasteiger partial charge in [-0.15, -0.1) is 0 Å². The second-order valence-electron chi connectivity index (χ2n) is 5.57. The van der Waals surface area contributed by atoms with Crippen LogP contribution in [0.2, 0.25) is 0 Å². The van der Waals surface area contributed by atoms with Crippen molar-refractivity contribution in [2.24, 2.45) is 22.7 Å². The lowest BCUT2D eigenvalue weighted by atomic mass is 9.73. The molecule has 3 rings (SSSR count). The Bertz CT molecular complexity index is 480. The molecule has 114 valence electrons. The number of carboxylic acids is 2. The van der Waals surface area contributed by atoms with E-state index in [0.29, 0.717) is 12.2 Å². The number of nitrogens with one attached hydrogen (secondary N) is 1. The number of carbonyl (C=O) groups is 2. The fourth-order valence-corrected chi connectivity index (χ4v) is 3.15. The summed E-state index contributed by atoms with van der Waals surface area (Å²) < 4.78 is 0. The van der Waals surface area contributed by atoms with Crippen molar-refractivity contribution in [1.82, 2.24) is 5.32 Å². The van der Waals surface area contributed by atoms with Crippen LogP contribution in [0.5, 0.6) is 0 Å². The van der Waals surface area contributed by atoms with E-state index in [9.17, 15) is 9.59 Å². The van der Waals surface area contributed by atoms with Crippen molar-refractivity contribution < 1.29 is 19.8 Å². The van der Waals surface area contributed by atoms with Crippen molar-refractivity contribution in [3.05, 3.63) is 24.4 Å². The molecule has 3 atom stereocenters. The molecule has 1 aliphatic carbocycles. The first kappa shape index (κ1) is 15.4. The summed E-state index contributed by atoms with van der Waals surface area (Å²) in [6.07, 6.45) is 9.20. The van der Waals surface area contributed by atoms with Crippen LogP contribution in [-0.4, -0.2) is 41.0 Å². The largest absolute Gasteiger partial charge is 0.478 e. The van der Waals surface area contributed by atoms with Gasteiger partial charge in [-0.05, 0) is 44.2 Å². The average molecular weight is 292 g/mol. The SMILES string of the molecule is C1=CN=C2CC3CNCC3CC2C1.O=C(O)/C=C\C(=O)O. The molecule has 0 radical (unpaired) electrons. The summed E-state index contributed by atoms with van der Waals surface area (Å²) >= 11 is 0. The van der Waals surface area contributed by atoms with Gasteiger partial charge in [0.2, 0.25) is 0 Å². The summed E-state index contributed by atoms with van der Waals surface area (Å²) in [6.45, 7) is 2.47. The third-order valence-electron chi connectivity index (χ3n) is 4.14. The van der Waals surface area contributed by atoms with Gasteiger partial charge in [0.1, 0.15) is 0 Å². The molecule has 1 saturated heterocycles. The number of allylic oxidation sites excluding steroid dienone is 1. The van der Waals surface area contributed by atoms with Crippen LogP contribution in [0.25, 0.3) is 0 Å². The smallest absolute Gasteiger partial charge is 0.328 e. The van der Waals surface area contributed by atoms with Crippen molar-refractivity contribution >= 4 is 17.7 Å². The highest BCUT2D eigenvalue weighted by Gasteiger charge is 2.37. The van der Waals surface area contributed by atoms with E-state index in [0.717, 1.165) is 17.8 Å². The quantitative estimate of drug-likeness (QED) is 0.666. The van der Waals surface area contributed by atoms with Crippen LogP contribution in [0.4, 0.5) is 0 Å². The van der Waals surface area contributed by atoms with E-state index < -0.39 is 11.9 Å². The Morgan fingerprint density at radius 2 is 1.86 bits per heavy atom. The molecule has 2 fully saturated rings. The molecular formula is C15H20N2O4. The number of fused-ring (bicyclic) bond motifs is 2. The van der Waals surface area contributed by atoms with Crippen LogP contribution < -0.4 is 5.32 Å². The fourth-order valence-electron chi connectivity index (χ4n) is 3.15. The fraction of sp³-hybridized carbons (Fsp3) is 0.533. The van der Waals surface area contributed by atoms with Gasteiger partial charge < -0.3 is 15.5 Å². The summed E-state index contributed by atoms with van der Waals surface area (Å²) in [5.41, 5.74) is 1.48. The number of rotatable bonds is 2. The van der Waals surface area contributed by atoms with Crippen molar-refractivity contribution in [3.63, 3.8) is 0 Å². The minimum absolute atomic E-state index is 0.558. The second-order valence-corrected chi connectivity index (χ2v) is 5.57. The molecule has 21 heavy (non-hydrogen) atoms. The van der Waals surface area contributed by atoms with Gasteiger partial charge in [0.25, 0.3) is 0 Å². The maximum Gasteiger partial charge on any atom is 0.328 e. The van der Waals surface area contributed by atoms with Crippen molar-refractivity contribution in [2.75, 3.05) is 13.1 Å². The normalized spacial score (nSPS) is 29.9. The minimum Gasteiger partial charge on any atom is -0.478 e. The third kappa shape index (κ3) is 4.53. The van der Waals surface area contributed by atoms with Gasteiger partial charge in [-0.3, -0.25) is 4.99 Å². The minimum atomic E-state index is -1.26. The first-order valence-electron chi connectivity index (χ1n) is 7.12. The third-order valence-corrected chi connectivity index (χ3v) is 4.14. The predicted molar refractivity (Wildman–Crippen MR) is 78.2 cm³/mol. The molecule has 3 unspecified atom stereocenters. The summed E-state index contributed by atoms with van der Waals surface area (Å²) in [4.78, 5) is 23.6. The molecule has 0 aromatic heterocycles. The maximum atomic E-state index is 9.55. The van der Waals surface area contributed by atoms with Gasteiger partial charge in [0.05, 0.1) is 0 Å². The molecule has 0 aromatic carbocycles. The van der Waals surface area contributed by atoms with E-state index in [-0.39, 0.29) is 0 Å². The van der Waals surface area contributed by atoms with E-state index in [1.54, 1.807) is 0 Å². The number of hydrogen-bond acceptors (Lipinski definition) is 4. The predicted octanol–water partition coefficient (Wildman–Crippen LogP) is 1.30. The number of aliphatic carboxylic acids is 2. The number of hydrogen-bond donors (Lipinski definition) is 3. The van der Waals surface area contributed by atoms with Gasteiger partial charge >= 0.3 is 11.9 Å². The average Bonchev–Trinajstić information content (AvgIpc) is 2.90. The lowest BCUT2D eigenvalue weighted by Gasteiger charge is -2.33. The molecule has 2 heterocycles. The Balaban J connectivity index is 0.000000177. The second kappa shape index (κ2) is 7.17. The van der Waals surface area contributed by atoms with E-state index in [4.69, 9.17) is 10.2 Å². The van der Waals surface area contributed by atoms with Gasteiger partial charge in [-0.1, -0.05) is 6.08 Å². The van der Waals surface area contributed by atoms with Gasteiger partial charge in [-0.25, -0.2) is 9.59 Å². The Morgan fingerprint density at radius 3 is 2.52 bits per heavy atom. The molecule has 1 saturated carbocycles. The van der Waals surface area contributed by atoms with Gasteiger partial charge in [0, 0.05) is 30.0 Å². The zero-order valence-corrected chi connectivity index (χ0v) is 11.7. The zero-order chi connectivity index (χ0) is 15.2. The van der Waals surface area contributed by atoms with E-state index in [2.05, 4.69) is 16.4 Å². The molecule has 0 amide bonds. The van der Waals surface area contributed by atoms with Crippen LogP contribution in [0.3, 0.4) is 0 Å². The summed E-state index contributed by atoms with van der Waals surface area (Å²) in [6, 6.07) is 0. The first-order chi connectivity index (χ1) is 10.1. The summed E-state index contributed by atoms with van der Waals surface area (Å²) in [5.74, 6) is 0.0999. The van der Waals surface area contributed by atoms with Crippen LogP contribution in [-0.2, 0) is 9.59 Å². The van der Waals surface area contributed by atoms with Crippen molar-refractivity contribution in [3.8, 4) is 0 Å². The molecule has 0 bridgehead atoms. The van der Waals surface area contributed by atoms with E-state index in [1.165, 1.54) is 38.1 Å². The van der Waals surface area contributed by atoms with Gasteiger partial charge in [0.15, 0.2) is 0 Å². The Labute approximate surface area is 123 Å². The molecular weight excluding hydrogens is 272 g/mol. The highest BCUT2D eigenvalue weighted by atomic mass is 16.4. The summed E-state index contributed by atoms with van der Waals surface area (Å²) in [7, 11) is 0. The number of carboxylic acid groups (broad SMARTS) is 2. The monoisotopic (exact) mass is 292 g/mol. The number of nitrogens with zero attached hydrogens (tertiary/aromatic N) is 1. The van der Waals surface area contributed by atoms with E-state index in [1.807, 2.05) is 6.20 Å². The maximum absolute atomic E-state index is 9.55. The number of aliphatic imine (C=N–C) groups is 1. The topological polar surface area (TPSA) is 99.0 Å². The lowest BCUT2D eigenvalue weighted by molar-refractivity contribution is -0.134. The molecule has 6 nitrogen and oxygen atoms in total. The molecule has 6 heteroatoms. The molecule has 2 aliphatic heterocycles. The molecule has 0 aromatic rings. The Hall–Kier alpha value is -1.95. The van der Waals surface area contributed by atoms with Crippen LogP contribution >= 0.6 is 0 Å². The highest BCUT2D eigenvalue weighted by molar-refractivity contribution is 5.90. The lowest BCUT2D eigenvalue weighted by Crippen LogP contribution is -2.31.